The third-order valence-corrected chi connectivity index (χ3v) is 3.33. The van der Waals surface area contributed by atoms with Gasteiger partial charge in [0.25, 0.3) is 5.69 Å². The van der Waals surface area contributed by atoms with E-state index >= 15 is 0 Å². The van der Waals surface area contributed by atoms with E-state index in [1.165, 1.54) is 12.1 Å². The largest absolute Gasteiger partial charge is 0.398 e. The zero-order valence-corrected chi connectivity index (χ0v) is 10.6. The molecule has 20 heavy (non-hydrogen) atoms. The molecule has 0 aliphatic carbocycles. The fourth-order valence-electron chi connectivity index (χ4n) is 2.37. The molecule has 0 bridgehead atoms. The van der Waals surface area contributed by atoms with Crippen molar-refractivity contribution >= 4 is 22.1 Å². The Kier molecular flexibility index (Phi) is 2.84. The third kappa shape index (κ3) is 1.97. The maximum atomic E-state index is 10.8. The van der Waals surface area contributed by atoms with Crippen LogP contribution < -0.4 is 5.73 Å². The first-order valence-corrected chi connectivity index (χ1v) is 6.19. The summed E-state index contributed by atoms with van der Waals surface area (Å²) in [6.07, 6.45) is 0. The average Bonchev–Trinajstić information content (AvgIpc) is 2.46. The molecule has 3 aromatic carbocycles. The van der Waals surface area contributed by atoms with Crippen LogP contribution >= 0.6 is 0 Å². The molecule has 3 aromatic rings. The van der Waals surface area contributed by atoms with E-state index in [9.17, 15) is 10.1 Å². The Morgan fingerprint density at radius 1 is 0.900 bits per heavy atom. The van der Waals surface area contributed by atoms with Crippen molar-refractivity contribution in [1.82, 2.24) is 0 Å². The number of fused-ring (bicyclic) bond motifs is 1. The molecule has 0 saturated heterocycles. The summed E-state index contributed by atoms with van der Waals surface area (Å²) < 4.78 is 0. The van der Waals surface area contributed by atoms with Crippen molar-refractivity contribution in [2.45, 2.75) is 0 Å². The molecule has 0 spiro atoms. The number of hydrogen-bond donors (Lipinski definition) is 1. The summed E-state index contributed by atoms with van der Waals surface area (Å²) in [5.41, 5.74) is 8.19. The van der Waals surface area contributed by atoms with Crippen LogP contribution in [0.25, 0.3) is 21.9 Å². The van der Waals surface area contributed by atoms with Gasteiger partial charge in [-0.05, 0) is 22.4 Å². The number of nitrogens with two attached hydrogens (primary N) is 1. The summed E-state index contributed by atoms with van der Waals surface area (Å²) in [5, 5.41) is 13.0. The van der Waals surface area contributed by atoms with Gasteiger partial charge in [-0.15, -0.1) is 0 Å². The van der Waals surface area contributed by atoms with E-state index in [-0.39, 0.29) is 5.69 Å². The molecule has 0 heterocycles. The first-order valence-electron chi connectivity index (χ1n) is 6.19. The summed E-state index contributed by atoms with van der Waals surface area (Å²) in [6.45, 7) is 0. The monoisotopic (exact) mass is 264 g/mol. The normalized spacial score (nSPS) is 10.6. The first-order chi connectivity index (χ1) is 9.66. The van der Waals surface area contributed by atoms with Crippen LogP contribution in [0.1, 0.15) is 0 Å². The van der Waals surface area contributed by atoms with Crippen molar-refractivity contribution < 1.29 is 4.92 Å². The average molecular weight is 264 g/mol. The molecule has 4 heteroatoms. The molecule has 0 amide bonds. The fraction of sp³-hybridized carbons (Fsp3) is 0. The van der Waals surface area contributed by atoms with Gasteiger partial charge in [0.1, 0.15) is 0 Å². The van der Waals surface area contributed by atoms with Gasteiger partial charge in [-0.25, -0.2) is 0 Å². The molecular formula is C16H12N2O2. The Hall–Kier alpha value is -2.88. The summed E-state index contributed by atoms with van der Waals surface area (Å²) in [5.74, 6) is 0. The molecule has 2 N–H and O–H groups in total. The van der Waals surface area contributed by atoms with E-state index in [0.717, 1.165) is 21.9 Å². The molecule has 98 valence electrons. The van der Waals surface area contributed by atoms with Crippen molar-refractivity contribution in [3.8, 4) is 11.1 Å². The van der Waals surface area contributed by atoms with Crippen LogP contribution in [0.3, 0.4) is 0 Å². The number of benzene rings is 3. The van der Waals surface area contributed by atoms with Gasteiger partial charge in [-0.3, -0.25) is 10.1 Å². The smallest absolute Gasteiger partial charge is 0.271 e. The molecule has 0 fully saturated rings. The fourth-order valence-corrected chi connectivity index (χ4v) is 2.37. The highest BCUT2D eigenvalue weighted by molar-refractivity contribution is 5.99. The number of anilines is 1. The maximum absolute atomic E-state index is 10.8. The Morgan fingerprint density at radius 3 is 2.40 bits per heavy atom. The lowest BCUT2D eigenvalue weighted by molar-refractivity contribution is -0.384. The standard InChI is InChI=1S/C16H12N2O2/c17-16-10-12(18(19)20)8-9-15(16)14-7-3-5-11-4-1-2-6-13(11)14/h1-10H,17H2. The van der Waals surface area contributed by atoms with Gasteiger partial charge >= 0.3 is 0 Å². The second kappa shape index (κ2) is 4.66. The van der Waals surface area contributed by atoms with Gasteiger partial charge < -0.3 is 5.73 Å². The van der Waals surface area contributed by atoms with Gasteiger partial charge in [-0.1, -0.05) is 42.5 Å². The lowest BCUT2D eigenvalue weighted by atomic mass is 9.97. The van der Waals surface area contributed by atoms with E-state index < -0.39 is 4.92 Å². The molecule has 0 saturated carbocycles. The number of nitro groups is 1. The second-order valence-corrected chi connectivity index (χ2v) is 4.56. The van der Waals surface area contributed by atoms with Crippen LogP contribution in [-0.2, 0) is 0 Å². The van der Waals surface area contributed by atoms with Crippen molar-refractivity contribution in [1.29, 1.82) is 0 Å². The van der Waals surface area contributed by atoms with E-state index in [1.54, 1.807) is 6.07 Å². The van der Waals surface area contributed by atoms with Crippen LogP contribution in [0.2, 0.25) is 0 Å². The minimum atomic E-state index is -0.441. The Morgan fingerprint density at radius 2 is 1.65 bits per heavy atom. The highest BCUT2D eigenvalue weighted by Gasteiger charge is 2.11. The number of rotatable bonds is 2. The van der Waals surface area contributed by atoms with Crippen molar-refractivity contribution in [2.24, 2.45) is 0 Å². The lowest BCUT2D eigenvalue weighted by Crippen LogP contribution is -1.94. The van der Waals surface area contributed by atoms with Crippen LogP contribution in [0.5, 0.6) is 0 Å². The van der Waals surface area contributed by atoms with E-state index in [2.05, 4.69) is 0 Å². The zero-order chi connectivity index (χ0) is 14.1. The summed E-state index contributed by atoms with van der Waals surface area (Å²) in [7, 11) is 0. The number of nitro benzene ring substituents is 1. The Balaban J connectivity index is 2.23. The molecule has 0 aliphatic heterocycles. The zero-order valence-electron chi connectivity index (χ0n) is 10.6. The number of nitrogen functional groups attached to an aromatic ring is 1. The number of non-ortho nitro benzene ring substituents is 1. The van der Waals surface area contributed by atoms with Gasteiger partial charge in [-0.2, -0.15) is 0 Å². The number of hydrogen-bond acceptors (Lipinski definition) is 3. The van der Waals surface area contributed by atoms with Crippen LogP contribution in [0, 0.1) is 10.1 Å². The summed E-state index contributed by atoms with van der Waals surface area (Å²) in [4.78, 5) is 10.3. The van der Waals surface area contributed by atoms with E-state index in [4.69, 9.17) is 5.73 Å². The van der Waals surface area contributed by atoms with Crippen LogP contribution in [-0.4, -0.2) is 4.92 Å². The maximum Gasteiger partial charge on any atom is 0.271 e. The third-order valence-electron chi connectivity index (χ3n) is 3.33. The first kappa shape index (κ1) is 12.2. The van der Waals surface area contributed by atoms with Gasteiger partial charge in [0, 0.05) is 23.4 Å². The molecule has 3 rings (SSSR count). The molecular weight excluding hydrogens is 252 g/mol. The molecule has 0 aromatic heterocycles. The molecule has 0 unspecified atom stereocenters. The highest BCUT2D eigenvalue weighted by atomic mass is 16.6. The van der Waals surface area contributed by atoms with Crippen molar-refractivity contribution in [2.75, 3.05) is 5.73 Å². The predicted molar refractivity (Wildman–Crippen MR) is 80.5 cm³/mol. The number of nitrogens with zero attached hydrogens (tertiary/aromatic N) is 1. The predicted octanol–water partition coefficient (Wildman–Crippen LogP) is 4.00. The SMILES string of the molecule is Nc1cc([N+](=O)[O-])ccc1-c1cccc2ccccc12. The lowest BCUT2D eigenvalue weighted by Gasteiger charge is -2.09. The molecule has 0 aliphatic rings. The van der Waals surface area contributed by atoms with E-state index in [1.807, 2.05) is 42.5 Å². The quantitative estimate of drug-likeness (QED) is 0.432. The van der Waals surface area contributed by atoms with Gasteiger partial charge in [0.15, 0.2) is 0 Å². The molecule has 4 nitrogen and oxygen atoms in total. The molecule has 0 radical (unpaired) electrons. The van der Waals surface area contributed by atoms with Crippen LogP contribution in [0.4, 0.5) is 11.4 Å². The van der Waals surface area contributed by atoms with Crippen LogP contribution in [0.15, 0.2) is 60.7 Å². The van der Waals surface area contributed by atoms with E-state index in [0.29, 0.717) is 5.69 Å². The van der Waals surface area contributed by atoms with Crippen molar-refractivity contribution in [3.05, 3.63) is 70.8 Å². The van der Waals surface area contributed by atoms with Gasteiger partial charge in [0.2, 0.25) is 0 Å². The van der Waals surface area contributed by atoms with Gasteiger partial charge in [0.05, 0.1) is 4.92 Å². The second-order valence-electron chi connectivity index (χ2n) is 4.56. The summed E-state index contributed by atoms with van der Waals surface area (Å²) in [6, 6.07) is 18.5. The minimum Gasteiger partial charge on any atom is -0.398 e. The minimum absolute atomic E-state index is 0.00601. The summed E-state index contributed by atoms with van der Waals surface area (Å²) >= 11 is 0. The Labute approximate surface area is 115 Å². The van der Waals surface area contributed by atoms with Crippen molar-refractivity contribution in [3.63, 3.8) is 0 Å². The topological polar surface area (TPSA) is 69.2 Å². The Bertz CT molecular complexity index is 807. The molecule has 0 atom stereocenters. The highest BCUT2D eigenvalue weighted by Crippen LogP contribution is 2.34.